The Hall–Kier alpha value is -0.810. The van der Waals surface area contributed by atoms with Gasteiger partial charge in [-0.15, -0.1) is 0 Å². The van der Waals surface area contributed by atoms with E-state index in [1.54, 1.807) is 0 Å². The zero-order valence-electron chi connectivity index (χ0n) is 14.4. The molecular weight excluding hydrogens is 278 g/mol. The van der Waals surface area contributed by atoms with Crippen LogP contribution in [0, 0.1) is 17.8 Å². The van der Waals surface area contributed by atoms with Crippen molar-refractivity contribution in [1.29, 1.82) is 0 Å². The maximum atomic E-state index is 11.6. The monoisotopic (exact) mass is 311 g/mol. The van der Waals surface area contributed by atoms with Crippen LogP contribution in [0.15, 0.2) is 0 Å². The van der Waals surface area contributed by atoms with Gasteiger partial charge in [-0.2, -0.15) is 0 Å². The lowest BCUT2D eigenvalue weighted by Crippen LogP contribution is -2.42. The quantitative estimate of drug-likeness (QED) is 0.610. The average Bonchev–Trinajstić information content (AvgIpc) is 3.27. The number of hydrogen-bond donors (Lipinski definition) is 3. The van der Waals surface area contributed by atoms with Crippen LogP contribution in [0.3, 0.4) is 0 Å². The lowest BCUT2D eigenvalue weighted by Gasteiger charge is -2.23. The number of carbonyl (C=O) groups is 1. The second kappa shape index (κ2) is 7.64. The molecule has 0 heterocycles. The van der Waals surface area contributed by atoms with Crippen molar-refractivity contribution in [1.82, 2.24) is 10.6 Å². The topological polar surface area (TPSA) is 76.4 Å². The third-order valence-corrected chi connectivity index (χ3v) is 4.54. The van der Waals surface area contributed by atoms with Gasteiger partial charge < -0.3 is 21.1 Å². The van der Waals surface area contributed by atoms with Crippen molar-refractivity contribution < 1.29 is 9.53 Å². The third-order valence-electron chi connectivity index (χ3n) is 4.54. The minimum absolute atomic E-state index is 0.273. The molecule has 0 bridgehead atoms. The highest BCUT2D eigenvalue weighted by atomic mass is 16.6. The van der Waals surface area contributed by atoms with Gasteiger partial charge in [0.2, 0.25) is 0 Å². The van der Waals surface area contributed by atoms with Gasteiger partial charge in [-0.3, -0.25) is 0 Å². The van der Waals surface area contributed by atoms with Crippen molar-refractivity contribution in [2.45, 2.75) is 64.5 Å². The van der Waals surface area contributed by atoms with Gasteiger partial charge in [-0.05, 0) is 77.2 Å². The van der Waals surface area contributed by atoms with Crippen LogP contribution in [-0.4, -0.2) is 37.4 Å². The summed E-state index contributed by atoms with van der Waals surface area (Å²) in [6, 6.07) is 0.273. The maximum absolute atomic E-state index is 11.6. The summed E-state index contributed by atoms with van der Waals surface area (Å²) in [5.74, 6) is 2.77. The number of nitrogens with one attached hydrogen (secondary N) is 2. The molecule has 128 valence electrons. The second-order valence-corrected chi connectivity index (χ2v) is 7.90. The first-order valence-electron chi connectivity index (χ1n) is 8.79. The largest absolute Gasteiger partial charge is 0.444 e. The molecule has 1 amide bonds. The molecule has 0 spiro atoms. The fourth-order valence-corrected chi connectivity index (χ4v) is 3.04. The first kappa shape index (κ1) is 17.5. The number of rotatable bonds is 9. The maximum Gasteiger partial charge on any atom is 0.407 e. The van der Waals surface area contributed by atoms with Crippen LogP contribution in [0.1, 0.15) is 52.9 Å². The Morgan fingerprint density at radius 1 is 1.23 bits per heavy atom. The number of alkyl carbamates (subject to hydrolysis) is 1. The summed E-state index contributed by atoms with van der Waals surface area (Å²) in [6.45, 7) is 7.90. The van der Waals surface area contributed by atoms with E-state index in [1.807, 2.05) is 20.8 Å². The highest BCUT2D eigenvalue weighted by Gasteiger charge is 2.41. The van der Waals surface area contributed by atoms with Crippen molar-refractivity contribution in [3.8, 4) is 0 Å². The van der Waals surface area contributed by atoms with Gasteiger partial charge in [0.05, 0.1) is 0 Å². The molecule has 4 N–H and O–H groups in total. The summed E-state index contributed by atoms with van der Waals surface area (Å²) in [6.07, 6.45) is 6.15. The predicted octanol–water partition coefficient (Wildman–Crippen LogP) is 2.25. The second-order valence-electron chi connectivity index (χ2n) is 7.90. The van der Waals surface area contributed by atoms with E-state index < -0.39 is 5.60 Å². The van der Waals surface area contributed by atoms with Crippen molar-refractivity contribution in [3.63, 3.8) is 0 Å². The first-order chi connectivity index (χ1) is 10.4. The fourth-order valence-electron chi connectivity index (χ4n) is 3.04. The predicted molar refractivity (Wildman–Crippen MR) is 88.6 cm³/mol. The van der Waals surface area contributed by atoms with Crippen LogP contribution in [0.2, 0.25) is 0 Å². The zero-order chi connectivity index (χ0) is 16.2. The molecule has 2 aliphatic carbocycles. The molecule has 0 saturated heterocycles. The van der Waals surface area contributed by atoms with E-state index in [9.17, 15) is 4.79 Å². The standard InChI is InChI=1S/C17H33N3O2/c1-17(2,3)22-16(21)19-9-8-14(10-18)20-11-15(12-4-5-12)13-6-7-13/h12-15,20H,4-11,18H2,1-3H3,(H,19,21). The van der Waals surface area contributed by atoms with Gasteiger partial charge in [-0.1, -0.05) is 0 Å². The van der Waals surface area contributed by atoms with Crippen LogP contribution in [0.5, 0.6) is 0 Å². The Kier molecular flexibility index (Phi) is 6.09. The number of amides is 1. The molecule has 22 heavy (non-hydrogen) atoms. The summed E-state index contributed by atoms with van der Waals surface area (Å²) in [7, 11) is 0. The fraction of sp³-hybridized carbons (Fsp3) is 0.941. The molecule has 2 saturated carbocycles. The Morgan fingerprint density at radius 2 is 1.82 bits per heavy atom. The molecule has 0 aromatic heterocycles. The zero-order valence-corrected chi connectivity index (χ0v) is 14.4. The van der Waals surface area contributed by atoms with Crippen molar-refractivity contribution in [2.24, 2.45) is 23.5 Å². The third kappa shape index (κ3) is 6.53. The molecule has 0 aliphatic heterocycles. The molecule has 5 nitrogen and oxygen atoms in total. The SMILES string of the molecule is CC(C)(C)OC(=O)NCCC(CN)NCC(C1CC1)C1CC1. The summed E-state index contributed by atoms with van der Waals surface area (Å²) >= 11 is 0. The van der Waals surface area contributed by atoms with Crippen LogP contribution in [0.25, 0.3) is 0 Å². The Morgan fingerprint density at radius 3 is 2.27 bits per heavy atom. The van der Waals surface area contributed by atoms with E-state index in [0.717, 1.165) is 30.7 Å². The van der Waals surface area contributed by atoms with Crippen LogP contribution >= 0.6 is 0 Å². The minimum atomic E-state index is -0.447. The summed E-state index contributed by atoms with van der Waals surface area (Å²) in [5, 5.41) is 6.42. The van der Waals surface area contributed by atoms with Gasteiger partial charge in [0.15, 0.2) is 0 Å². The molecule has 0 aromatic rings. The lowest BCUT2D eigenvalue weighted by atomic mass is 9.97. The van der Waals surface area contributed by atoms with E-state index in [0.29, 0.717) is 13.1 Å². The van der Waals surface area contributed by atoms with Gasteiger partial charge in [0.25, 0.3) is 0 Å². The molecule has 2 fully saturated rings. The van der Waals surface area contributed by atoms with Crippen LogP contribution in [-0.2, 0) is 4.74 Å². The highest BCUT2D eigenvalue weighted by molar-refractivity contribution is 5.67. The number of hydrogen-bond acceptors (Lipinski definition) is 4. The molecule has 0 radical (unpaired) electrons. The van der Waals surface area contributed by atoms with Crippen molar-refractivity contribution in [2.75, 3.05) is 19.6 Å². The molecule has 2 rings (SSSR count). The summed E-state index contributed by atoms with van der Waals surface area (Å²) in [4.78, 5) is 11.6. The average molecular weight is 311 g/mol. The number of nitrogens with two attached hydrogens (primary N) is 1. The minimum Gasteiger partial charge on any atom is -0.444 e. The van der Waals surface area contributed by atoms with E-state index in [4.69, 9.17) is 10.5 Å². The van der Waals surface area contributed by atoms with Crippen LogP contribution in [0.4, 0.5) is 4.79 Å². The molecule has 1 atom stereocenters. The van der Waals surface area contributed by atoms with Crippen molar-refractivity contribution >= 4 is 6.09 Å². The molecule has 1 unspecified atom stereocenters. The molecule has 2 aliphatic rings. The van der Waals surface area contributed by atoms with E-state index in [-0.39, 0.29) is 12.1 Å². The highest BCUT2D eigenvalue weighted by Crippen LogP contribution is 2.48. The first-order valence-corrected chi connectivity index (χ1v) is 8.79. The van der Waals surface area contributed by atoms with E-state index in [1.165, 1.54) is 25.7 Å². The number of carbonyl (C=O) groups excluding carboxylic acids is 1. The molecule has 0 aromatic carbocycles. The smallest absolute Gasteiger partial charge is 0.407 e. The normalized spacial score (nSPS) is 20.0. The van der Waals surface area contributed by atoms with Gasteiger partial charge in [-0.25, -0.2) is 4.79 Å². The number of ether oxygens (including phenoxy) is 1. The van der Waals surface area contributed by atoms with E-state index >= 15 is 0 Å². The van der Waals surface area contributed by atoms with E-state index in [2.05, 4.69) is 10.6 Å². The van der Waals surface area contributed by atoms with Crippen molar-refractivity contribution in [3.05, 3.63) is 0 Å². The summed E-state index contributed by atoms with van der Waals surface area (Å²) in [5.41, 5.74) is 5.41. The molecule has 5 heteroatoms. The Balaban J connectivity index is 1.61. The Labute approximate surface area is 134 Å². The van der Waals surface area contributed by atoms with Gasteiger partial charge in [0.1, 0.15) is 5.60 Å². The lowest BCUT2D eigenvalue weighted by molar-refractivity contribution is 0.0526. The van der Waals surface area contributed by atoms with Gasteiger partial charge in [0, 0.05) is 19.1 Å². The summed E-state index contributed by atoms with van der Waals surface area (Å²) < 4.78 is 5.23. The van der Waals surface area contributed by atoms with Crippen LogP contribution < -0.4 is 16.4 Å². The molecular formula is C17H33N3O2. The van der Waals surface area contributed by atoms with Gasteiger partial charge >= 0.3 is 6.09 Å². The Bertz CT molecular complexity index is 347.